The molecular formula is C10H21NO. The minimum absolute atomic E-state index is 0.616. The van der Waals surface area contributed by atoms with Crippen molar-refractivity contribution in [2.75, 3.05) is 26.8 Å². The molecule has 0 heterocycles. The minimum atomic E-state index is 0.616. The monoisotopic (exact) mass is 171 g/mol. The Morgan fingerprint density at radius 3 is 2.67 bits per heavy atom. The van der Waals surface area contributed by atoms with Gasteiger partial charge in [0.15, 0.2) is 0 Å². The van der Waals surface area contributed by atoms with E-state index in [9.17, 15) is 0 Å². The summed E-state index contributed by atoms with van der Waals surface area (Å²) in [7, 11) is 1.79. The van der Waals surface area contributed by atoms with Crippen molar-refractivity contribution in [2.24, 2.45) is 5.41 Å². The van der Waals surface area contributed by atoms with Gasteiger partial charge in [0.1, 0.15) is 0 Å². The van der Waals surface area contributed by atoms with Gasteiger partial charge in [-0.3, -0.25) is 0 Å². The van der Waals surface area contributed by atoms with Gasteiger partial charge >= 0.3 is 0 Å². The van der Waals surface area contributed by atoms with Crippen LogP contribution in [0.2, 0.25) is 0 Å². The molecule has 1 N–H and O–H groups in total. The highest BCUT2D eigenvalue weighted by molar-refractivity contribution is 4.94. The Kier molecular flexibility index (Phi) is 4.02. The zero-order chi connectivity index (χ0) is 8.86. The molecule has 1 fully saturated rings. The van der Waals surface area contributed by atoms with Crippen LogP contribution in [0.15, 0.2) is 0 Å². The molecule has 0 aromatic rings. The summed E-state index contributed by atoms with van der Waals surface area (Å²) in [4.78, 5) is 0. The molecule has 1 aliphatic rings. The lowest BCUT2D eigenvalue weighted by molar-refractivity contribution is 0.171. The largest absolute Gasteiger partial charge is 0.385 e. The van der Waals surface area contributed by atoms with Crippen molar-refractivity contribution in [3.05, 3.63) is 0 Å². The van der Waals surface area contributed by atoms with Crippen molar-refractivity contribution in [2.45, 2.75) is 32.6 Å². The third-order valence-corrected chi connectivity index (χ3v) is 2.72. The van der Waals surface area contributed by atoms with E-state index in [-0.39, 0.29) is 0 Å². The van der Waals surface area contributed by atoms with E-state index in [0.29, 0.717) is 5.41 Å². The smallest absolute Gasteiger partial charge is 0.0468 e. The summed E-state index contributed by atoms with van der Waals surface area (Å²) >= 11 is 0. The topological polar surface area (TPSA) is 21.3 Å². The van der Waals surface area contributed by atoms with Crippen molar-refractivity contribution in [3.63, 3.8) is 0 Å². The number of ether oxygens (including phenoxy) is 1. The molecule has 0 spiro atoms. The number of rotatable bonds is 7. The van der Waals surface area contributed by atoms with Crippen molar-refractivity contribution >= 4 is 0 Å². The normalized spacial score (nSPS) is 19.5. The molecule has 0 unspecified atom stereocenters. The van der Waals surface area contributed by atoms with E-state index in [1.54, 1.807) is 7.11 Å². The fourth-order valence-corrected chi connectivity index (χ4v) is 1.54. The highest BCUT2D eigenvalue weighted by Gasteiger charge is 2.41. The Balaban J connectivity index is 2.04. The van der Waals surface area contributed by atoms with Gasteiger partial charge in [-0.25, -0.2) is 0 Å². The van der Waals surface area contributed by atoms with E-state index in [0.717, 1.165) is 13.2 Å². The summed E-state index contributed by atoms with van der Waals surface area (Å²) in [5.74, 6) is 0. The van der Waals surface area contributed by atoms with Gasteiger partial charge in [0.25, 0.3) is 0 Å². The van der Waals surface area contributed by atoms with Gasteiger partial charge in [0.05, 0.1) is 0 Å². The molecule has 1 aliphatic carbocycles. The zero-order valence-corrected chi connectivity index (χ0v) is 8.36. The molecule has 0 atom stereocenters. The molecule has 0 bridgehead atoms. The van der Waals surface area contributed by atoms with Gasteiger partial charge in [-0.2, -0.15) is 0 Å². The average molecular weight is 171 g/mol. The Hall–Kier alpha value is -0.0800. The van der Waals surface area contributed by atoms with Crippen molar-refractivity contribution < 1.29 is 4.74 Å². The maximum Gasteiger partial charge on any atom is 0.0468 e. The zero-order valence-electron chi connectivity index (χ0n) is 8.36. The van der Waals surface area contributed by atoms with Gasteiger partial charge in [0, 0.05) is 20.3 Å². The lowest BCUT2D eigenvalue weighted by atomic mass is 10.0. The molecule has 12 heavy (non-hydrogen) atoms. The summed E-state index contributed by atoms with van der Waals surface area (Å²) in [5.41, 5.74) is 0.616. The molecular weight excluding hydrogens is 150 g/mol. The first-order chi connectivity index (χ1) is 5.83. The van der Waals surface area contributed by atoms with E-state index in [2.05, 4.69) is 12.2 Å². The van der Waals surface area contributed by atoms with Crippen LogP contribution in [-0.4, -0.2) is 26.8 Å². The summed E-state index contributed by atoms with van der Waals surface area (Å²) in [5, 5.41) is 3.49. The molecule has 2 heteroatoms. The van der Waals surface area contributed by atoms with Crippen LogP contribution in [0.5, 0.6) is 0 Å². The van der Waals surface area contributed by atoms with Gasteiger partial charge in [-0.05, 0) is 37.6 Å². The second kappa shape index (κ2) is 4.83. The molecule has 0 aromatic heterocycles. The highest BCUT2D eigenvalue weighted by atomic mass is 16.5. The van der Waals surface area contributed by atoms with Gasteiger partial charge in [-0.1, -0.05) is 6.92 Å². The fourth-order valence-electron chi connectivity index (χ4n) is 1.54. The van der Waals surface area contributed by atoms with Gasteiger partial charge < -0.3 is 10.1 Å². The summed E-state index contributed by atoms with van der Waals surface area (Å²) in [6.07, 6.45) is 5.26. The molecule has 72 valence electrons. The molecule has 0 aliphatic heterocycles. The van der Waals surface area contributed by atoms with E-state index >= 15 is 0 Å². The first kappa shape index (κ1) is 10.0. The molecule has 1 rings (SSSR count). The average Bonchev–Trinajstić information content (AvgIpc) is 2.83. The van der Waals surface area contributed by atoms with E-state index in [4.69, 9.17) is 4.74 Å². The lowest BCUT2D eigenvalue weighted by Gasteiger charge is -2.14. The van der Waals surface area contributed by atoms with Gasteiger partial charge in [-0.15, -0.1) is 0 Å². The Morgan fingerprint density at radius 2 is 2.17 bits per heavy atom. The van der Waals surface area contributed by atoms with Crippen molar-refractivity contribution in [1.29, 1.82) is 0 Å². The second-order valence-corrected chi connectivity index (χ2v) is 3.92. The quantitative estimate of drug-likeness (QED) is 0.590. The van der Waals surface area contributed by atoms with Crippen LogP contribution < -0.4 is 5.32 Å². The Labute approximate surface area is 75.7 Å². The van der Waals surface area contributed by atoms with Crippen LogP contribution >= 0.6 is 0 Å². The van der Waals surface area contributed by atoms with Crippen LogP contribution in [0.1, 0.15) is 32.6 Å². The minimum Gasteiger partial charge on any atom is -0.385 e. The summed E-state index contributed by atoms with van der Waals surface area (Å²) in [6.45, 7) is 5.49. The Morgan fingerprint density at radius 1 is 1.42 bits per heavy atom. The van der Waals surface area contributed by atoms with E-state index < -0.39 is 0 Å². The third-order valence-electron chi connectivity index (χ3n) is 2.72. The highest BCUT2D eigenvalue weighted by Crippen LogP contribution is 2.48. The van der Waals surface area contributed by atoms with E-state index in [1.807, 2.05) is 0 Å². The first-order valence-electron chi connectivity index (χ1n) is 5.03. The SMILES string of the molecule is CCCNCC1(CCOC)CC1. The predicted molar refractivity (Wildman–Crippen MR) is 51.3 cm³/mol. The van der Waals surface area contributed by atoms with Crippen LogP contribution in [0.4, 0.5) is 0 Å². The molecule has 2 nitrogen and oxygen atoms in total. The number of hydrogen-bond donors (Lipinski definition) is 1. The van der Waals surface area contributed by atoms with Crippen molar-refractivity contribution in [1.82, 2.24) is 5.32 Å². The Bertz CT molecular complexity index is 121. The van der Waals surface area contributed by atoms with Gasteiger partial charge in [0.2, 0.25) is 0 Å². The third kappa shape index (κ3) is 3.11. The second-order valence-electron chi connectivity index (χ2n) is 3.92. The standard InChI is InChI=1S/C10H21NO/c1-3-7-11-9-10(4-5-10)6-8-12-2/h11H,3-9H2,1-2H3. The van der Waals surface area contributed by atoms with Crippen LogP contribution in [-0.2, 0) is 4.74 Å². The van der Waals surface area contributed by atoms with Crippen LogP contribution in [0.3, 0.4) is 0 Å². The summed E-state index contributed by atoms with van der Waals surface area (Å²) in [6, 6.07) is 0. The lowest BCUT2D eigenvalue weighted by Crippen LogP contribution is -2.25. The number of methoxy groups -OCH3 is 1. The molecule has 0 aromatic carbocycles. The molecule has 0 amide bonds. The molecule has 1 saturated carbocycles. The first-order valence-corrected chi connectivity index (χ1v) is 5.03. The number of nitrogens with one attached hydrogen (secondary N) is 1. The maximum atomic E-state index is 5.10. The predicted octanol–water partition coefficient (Wildman–Crippen LogP) is 1.80. The van der Waals surface area contributed by atoms with Crippen LogP contribution in [0, 0.1) is 5.41 Å². The summed E-state index contributed by atoms with van der Waals surface area (Å²) < 4.78 is 5.10. The number of hydrogen-bond acceptors (Lipinski definition) is 2. The van der Waals surface area contributed by atoms with E-state index in [1.165, 1.54) is 32.2 Å². The molecule has 0 radical (unpaired) electrons. The molecule has 0 saturated heterocycles. The van der Waals surface area contributed by atoms with Crippen molar-refractivity contribution in [3.8, 4) is 0 Å². The maximum absolute atomic E-state index is 5.10. The van der Waals surface area contributed by atoms with Crippen LogP contribution in [0.25, 0.3) is 0 Å². The fraction of sp³-hybridized carbons (Fsp3) is 1.00.